The van der Waals surface area contributed by atoms with Crippen molar-refractivity contribution in [3.8, 4) is 0 Å². The quantitative estimate of drug-likeness (QED) is 0.575. The Bertz CT molecular complexity index is 223. The van der Waals surface area contributed by atoms with Crippen molar-refractivity contribution in [3.05, 3.63) is 25.3 Å². The Labute approximate surface area is 83.6 Å². The van der Waals surface area contributed by atoms with Crippen LogP contribution in [0.25, 0.3) is 0 Å². The summed E-state index contributed by atoms with van der Waals surface area (Å²) in [7, 11) is 0. The Morgan fingerprint density at radius 3 is 1.43 bits per heavy atom. The molecule has 2 amide bonds. The van der Waals surface area contributed by atoms with E-state index in [2.05, 4.69) is 13.2 Å². The van der Waals surface area contributed by atoms with E-state index in [1.807, 2.05) is 0 Å². The maximum atomic E-state index is 11.0. The third-order valence-electron chi connectivity index (χ3n) is 2.06. The molecule has 4 N–H and O–H groups in total. The third-order valence-corrected chi connectivity index (χ3v) is 2.06. The van der Waals surface area contributed by atoms with Gasteiger partial charge in [0.1, 0.15) is 0 Å². The standard InChI is InChI=1S/C10H16N2O2/c1-3-5-7(9(11)13)8(6-4-2)10(12)14/h3-4,7-8H,1-2,5-6H2,(H2,11,13)(H2,12,14). The summed E-state index contributed by atoms with van der Waals surface area (Å²) in [6.45, 7) is 7.00. The van der Waals surface area contributed by atoms with Crippen molar-refractivity contribution in [2.75, 3.05) is 0 Å². The fourth-order valence-corrected chi connectivity index (χ4v) is 1.32. The zero-order valence-electron chi connectivity index (χ0n) is 8.11. The SMILES string of the molecule is C=CCC(C(N)=O)C(CC=C)C(N)=O. The molecule has 0 saturated carbocycles. The molecule has 0 bridgehead atoms. The normalized spacial score (nSPS) is 14.0. The van der Waals surface area contributed by atoms with E-state index < -0.39 is 23.7 Å². The molecular weight excluding hydrogens is 180 g/mol. The molecule has 0 aliphatic heterocycles. The topological polar surface area (TPSA) is 86.2 Å². The third kappa shape index (κ3) is 3.43. The van der Waals surface area contributed by atoms with Crippen LogP contribution >= 0.6 is 0 Å². The molecule has 2 atom stereocenters. The number of carbonyl (C=O) groups excluding carboxylic acids is 2. The lowest BCUT2D eigenvalue weighted by Gasteiger charge is -2.19. The summed E-state index contributed by atoms with van der Waals surface area (Å²) in [6.07, 6.45) is 3.82. The molecule has 4 nitrogen and oxygen atoms in total. The number of primary amides is 2. The van der Waals surface area contributed by atoms with Gasteiger partial charge >= 0.3 is 0 Å². The van der Waals surface area contributed by atoms with Gasteiger partial charge in [0.15, 0.2) is 0 Å². The smallest absolute Gasteiger partial charge is 0.221 e. The van der Waals surface area contributed by atoms with Gasteiger partial charge in [0.2, 0.25) is 11.8 Å². The maximum absolute atomic E-state index is 11.0. The Hall–Kier alpha value is -1.58. The summed E-state index contributed by atoms with van der Waals surface area (Å²) in [6, 6.07) is 0. The summed E-state index contributed by atoms with van der Waals surface area (Å²) >= 11 is 0. The molecule has 0 rings (SSSR count). The first-order chi connectivity index (χ1) is 6.54. The summed E-state index contributed by atoms with van der Waals surface area (Å²) in [5, 5.41) is 0. The number of hydrogen-bond acceptors (Lipinski definition) is 2. The van der Waals surface area contributed by atoms with Gasteiger partial charge in [-0.2, -0.15) is 0 Å². The van der Waals surface area contributed by atoms with Crippen molar-refractivity contribution >= 4 is 11.8 Å². The lowest BCUT2D eigenvalue weighted by Crippen LogP contribution is -2.37. The molecule has 4 heteroatoms. The van der Waals surface area contributed by atoms with Crippen LogP contribution in [0.3, 0.4) is 0 Å². The second-order valence-electron chi connectivity index (χ2n) is 3.07. The average Bonchev–Trinajstić information content (AvgIpc) is 2.10. The molecule has 0 saturated heterocycles. The molecule has 14 heavy (non-hydrogen) atoms. The zero-order valence-corrected chi connectivity index (χ0v) is 8.11. The van der Waals surface area contributed by atoms with E-state index >= 15 is 0 Å². The summed E-state index contributed by atoms with van der Waals surface area (Å²) < 4.78 is 0. The van der Waals surface area contributed by atoms with Crippen molar-refractivity contribution in [3.63, 3.8) is 0 Å². The largest absolute Gasteiger partial charge is 0.369 e. The van der Waals surface area contributed by atoms with Crippen molar-refractivity contribution < 1.29 is 9.59 Å². The first-order valence-electron chi connectivity index (χ1n) is 4.35. The first kappa shape index (κ1) is 12.4. The number of amides is 2. The van der Waals surface area contributed by atoms with Crippen molar-refractivity contribution in [2.24, 2.45) is 23.3 Å². The Morgan fingerprint density at radius 2 is 1.29 bits per heavy atom. The van der Waals surface area contributed by atoms with Crippen LogP contribution < -0.4 is 11.5 Å². The maximum Gasteiger partial charge on any atom is 0.221 e. The molecule has 0 heterocycles. The molecule has 78 valence electrons. The second-order valence-corrected chi connectivity index (χ2v) is 3.07. The van der Waals surface area contributed by atoms with Gasteiger partial charge in [0, 0.05) is 0 Å². The molecule has 0 aliphatic carbocycles. The van der Waals surface area contributed by atoms with E-state index in [0.717, 1.165) is 0 Å². The van der Waals surface area contributed by atoms with Gasteiger partial charge in [0.25, 0.3) is 0 Å². The lowest BCUT2D eigenvalue weighted by atomic mass is 9.86. The molecule has 0 aromatic heterocycles. The number of carbonyl (C=O) groups is 2. The van der Waals surface area contributed by atoms with E-state index in [1.165, 1.54) is 0 Å². The number of allylic oxidation sites excluding steroid dienone is 2. The summed E-state index contributed by atoms with van der Waals surface area (Å²) in [5.41, 5.74) is 10.3. The molecule has 2 unspecified atom stereocenters. The zero-order chi connectivity index (χ0) is 11.1. The van der Waals surface area contributed by atoms with Crippen LogP contribution in [0.5, 0.6) is 0 Å². The summed E-state index contributed by atoms with van der Waals surface area (Å²) in [4.78, 5) is 22.1. The molecule has 0 aromatic rings. The van der Waals surface area contributed by atoms with E-state index in [1.54, 1.807) is 12.2 Å². The minimum atomic E-state index is -0.581. The highest BCUT2D eigenvalue weighted by Crippen LogP contribution is 2.19. The van der Waals surface area contributed by atoms with Crippen molar-refractivity contribution in [1.82, 2.24) is 0 Å². The Morgan fingerprint density at radius 1 is 1.00 bits per heavy atom. The molecule has 0 spiro atoms. The van der Waals surface area contributed by atoms with Crippen LogP contribution in [-0.2, 0) is 9.59 Å². The average molecular weight is 196 g/mol. The van der Waals surface area contributed by atoms with Gasteiger partial charge in [0.05, 0.1) is 11.8 Å². The second kappa shape index (κ2) is 5.96. The van der Waals surface area contributed by atoms with Gasteiger partial charge in [-0.25, -0.2) is 0 Å². The molecule has 0 radical (unpaired) electrons. The fraction of sp³-hybridized carbons (Fsp3) is 0.400. The van der Waals surface area contributed by atoms with Crippen LogP contribution in [-0.4, -0.2) is 11.8 Å². The van der Waals surface area contributed by atoms with Crippen LogP contribution in [0.15, 0.2) is 25.3 Å². The molecule has 0 aliphatic rings. The van der Waals surface area contributed by atoms with E-state index in [0.29, 0.717) is 12.8 Å². The predicted molar refractivity (Wildman–Crippen MR) is 55.0 cm³/mol. The monoisotopic (exact) mass is 196 g/mol. The number of hydrogen-bond donors (Lipinski definition) is 2. The summed E-state index contributed by atoms with van der Waals surface area (Å²) in [5.74, 6) is -2.22. The van der Waals surface area contributed by atoms with Gasteiger partial charge < -0.3 is 11.5 Å². The minimum Gasteiger partial charge on any atom is -0.369 e. The van der Waals surface area contributed by atoms with Gasteiger partial charge in [-0.3, -0.25) is 9.59 Å². The van der Waals surface area contributed by atoms with Crippen LogP contribution in [0, 0.1) is 11.8 Å². The van der Waals surface area contributed by atoms with Crippen molar-refractivity contribution in [2.45, 2.75) is 12.8 Å². The van der Waals surface area contributed by atoms with Gasteiger partial charge in [-0.05, 0) is 12.8 Å². The molecule has 0 aromatic carbocycles. The molecule has 0 fully saturated rings. The lowest BCUT2D eigenvalue weighted by molar-refractivity contribution is -0.131. The van der Waals surface area contributed by atoms with Gasteiger partial charge in [-0.1, -0.05) is 12.2 Å². The number of rotatable bonds is 7. The van der Waals surface area contributed by atoms with Gasteiger partial charge in [-0.15, -0.1) is 13.2 Å². The Kier molecular flexibility index (Phi) is 5.29. The van der Waals surface area contributed by atoms with Crippen LogP contribution in [0.4, 0.5) is 0 Å². The highest BCUT2D eigenvalue weighted by molar-refractivity contribution is 5.86. The van der Waals surface area contributed by atoms with Crippen LogP contribution in [0.2, 0.25) is 0 Å². The van der Waals surface area contributed by atoms with Crippen LogP contribution in [0.1, 0.15) is 12.8 Å². The van der Waals surface area contributed by atoms with Crippen molar-refractivity contribution in [1.29, 1.82) is 0 Å². The van der Waals surface area contributed by atoms with E-state index in [-0.39, 0.29) is 0 Å². The minimum absolute atomic E-state index is 0.358. The Balaban J connectivity index is 4.70. The fourth-order valence-electron chi connectivity index (χ4n) is 1.32. The van der Waals surface area contributed by atoms with E-state index in [4.69, 9.17) is 11.5 Å². The molecular formula is C10H16N2O2. The first-order valence-corrected chi connectivity index (χ1v) is 4.35. The highest BCUT2D eigenvalue weighted by atomic mass is 16.2. The number of nitrogens with two attached hydrogens (primary N) is 2. The highest BCUT2D eigenvalue weighted by Gasteiger charge is 2.28. The predicted octanol–water partition coefficient (Wildman–Crippen LogP) is 0.342. The van der Waals surface area contributed by atoms with E-state index in [9.17, 15) is 9.59 Å².